The lowest BCUT2D eigenvalue weighted by Crippen LogP contribution is -2.35. The van der Waals surface area contributed by atoms with E-state index in [-0.39, 0.29) is 11.5 Å². The van der Waals surface area contributed by atoms with E-state index in [2.05, 4.69) is 4.98 Å². The molecule has 2 aromatic carbocycles. The molecule has 0 fully saturated rings. The summed E-state index contributed by atoms with van der Waals surface area (Å²) in [5.74, 6) is -0.286. The van der Waals surface area contributed by atoms with E-state index < -0.39 is 5.97 Å². The van der Waals surface area contributed by atoms with Gasteiger partial charge in [-0.15, -0.1) is 0 Å². The summed E-state index contributed by atoms with van der Waals surface area (Å²) in [6.45, 7) is 1.08. The minimum atomic E-state index is -0.955. The number of methoxy groups -OCH3 is 1. The first-order valence-electron chi connectivity index (χ1n) is 8.37. The van der Waals surface area contributed by atoms with Crippen molar-refractivity contribution in [2.45, 2.75) is 13.0 Å². The molecule has 26 heavy (non-hydrogen) atoms. The number of aromatic carboxylic acids is 1. The van der Waals surface area contributed by atoms with Gasteiger partial charge in [-0.05, 0) is 42.5 Å². The number of rotatable bonds is 3. The van der Waals surface area contributed by atoms with Gasteiger partial charge in [0.1, 0.15) is 5.75 Å². The van der Waals surface area contributed by atoms with Crippen LogP contribution in [0.15, 0.2) is 42.5 Å². The zero-order valence-electron chi connectivity index (χ0n) is 14.3. The molecule has 1 amide bonds. The summed E-state index contributed by atoms with van der Waals surface area (Å²) >= 11 is 0. The van der Waals surface area contributed by atoms with Crippen LogP contribution in [0.3, 0.4) is 0 Å². The number of nitrogens with zero attached hydrogens (tertiary/aromatic N) is 1. The lowest BCUT2D eigenvalue weighted by molar-refractivity contribution is 0.0694. The van der Waals surface area contributed by atoms with Gasteiger partial charge in [0.25, 0.3) is 5.91 Å². The van der Waals surface area contributed by atoms with Crippen molar-refractivity contribution < 1.29 is 19.4 Å². The second-order valence-corrected chi connectivity index (χ2v) is 6.35. The molecular formula is C20H18N2O4. The Hall–Kier alpha value is -3.28. The molecule has 1 aliphatic heterocycles. The molecule has 2 N–H and O–H groups in total. The molecule has 3 aromatic rings. The Morgan fingerprint density at radius 2 is 1.85 bits per heavy atom. The largest absolute Gasteiger partial charge is 0.497 e. The van der Waals surface area contributed by atoms with Gasteiger partial charge in [-0.2, -0.15) is 0 Å². The fourth-order valence-electron chi connectivity index (χ4n) is 3.44. The lowest BCUT2D eigenvalue weighted by Gasteiger charge is -2.27. The number of fused-ring (bicyclic) bond motifs is 3. The molecule has 0 unspecified atom stereocenters. The van der Waals surface area contributed by atoms with Crippen LogP contribution in [-0.4, -0.2) is 40.5 Å². The third-order valence-corrected chi connectivity index (χ3v) is 4.85. The molecule has 0 bridgehead atoms. The summed E-state index contributed by atoms with van der Waals surface area (Å²) in [5, 5.41) is 10.1. The van der Waals surface area contributed by atoms with E-state index in [4.69, 9.17) is 4.74 Å². The predicted octanol–water partition coefficient (Wildman–Crippen LogP) is 3.07. The minimum Gasteiger partial charge on any atom is -0.497 e. The standard InChI is InChI=1S/C20H18N2O4/c1-26-14-5-2-12(3-6-14)19(23)22-9-8-18-16(11-22)15-10-13(20(24)25)4-7-17(15)21-18/h2-7,10,21H,8-9,11H2,1H3,(H,24,25). The van der Waals surface area contributed by atoms with Crippen molar-refractivity contribution in [1.29, 1.82) is 0 Å². The second-order valence-electron chi connectivity index (χ2n) is 6.35. The first-order chi connectivity index (χ1) is 12.6. The molecule has 4 rings (SSSR count). The van der Waals surface area contributed by atoms with E-state index in [0.29, 0.717) is 30.8 Å². The molecule has 1 aliphatic rings. The van der Waals surface area contributed by atoms with Crippen molar-refractivity contribution in [2.75, 3.05) is 13.7 Å². The quantitative estimate of drug-likeness (QED) is 0.760. The molecule has 0 saturated heterocycles. The number of carboxylic acid groups (broad SMARTS) is 1. The number of aromatic nitrogens is 1. The molecular weight excluding hydrogens is 332 g/mol. The van der Waals surface area contributed by atoms with Crippen LogP contribution in [0, 0.1) is 0 Å². The monoisotopic (exact) mass is 350 g/mol. The number of aromatic amines is 1. The molecule has 0 aliphatic carbocycles. The van der Waals surface area contributed by atoms with E-state index in [1.807, 2.05) is 0 Å². The van der Waals surface area contributed by atoms with Crippen LogP contribution in [-0.2, 0) is 13.0 Å². The van der Waals surface area contributed by atoms with Gasteiger partial charge in [0.15, 0.2) is 0 Å². The van der Waals surface area contributed by atoms with Crippen LogP contribution in [0.1, 0.15) is 32.0 Å². The number of hydrogen-bond acceptors (Lipinski definition) is 3. The highest BCUT2D eigenvalue weighted by Crippen LogP contribution is 2.29. The van der Waals surface area contributed by atoms with E-state index in [1.165, 1.54) is 0 Å². The highest BCUT2D eigenvalue weighted by molar-refractivity contribution is 5.97. The number of amides is 1. The Labute approximate surface area is 150 Å². The van der Waals surface area contributed by atoms with Crippen LogP contribution in [0.4, 0.5) is 0 Å². The van der Waals surface area contributed by atoms with Gasteiger partial charge in [-0.3, -0.25) is 4.79 Å². The SMILES string of the molecule is COc1ccc(C(=O)N2CCc3[nH]c4ccc(C(=O)O)cc4c3C2)cc1. The zero-order chi connectivity index (χ0) is 18.3. The van der Waals surface area contributed by atoms with Gasteiger partial charge in [-0.1, -0.05) is 0 Å². The van der Waals surface area contributed by atoms with Crippen LogP contribution in [0.2, 0.25) is 0 Å². The van der Waals surface area contributed by atoms with Crippen molar-refractivity contribution in [3.63, 3.8) is 0 Å². The maximum Gasteiger partial charge on any atom is 0.335 e. The normalized spacial score (nSPS) is 13.5. The highest BCUT2D eigenvalue weighted by atomic mass is 16.5. The average molecular weight is 350 g/mol. The van der Waals surface area contributed by atoms with Gasteiger partial charge in [-0.25, -0.2) is 4.79 Å². The Morgan fingerprint density at radius 1 is 1.12 bits per heavy atom. The minimum absolute atomic E-state index is 0.0398. The van der Waals surface area contributed by atoms with E-state index in [9.17, 15) is 14.7 Å². The molecule has 2 heterocycles. The smallest absolute Gasteiger partial charge is 0.335 e. The van der Waals surface area contributed by atoms with E-state index in [0.717, 1.165) is 22.2 Å². The van der Waals surface area contributed by atoms with E-state index in [1.54, 1.807) is 54.5 Å². The fraction of sp³-hybridized carbons (Fsp3) is 0.200. The van der Waals surface area contributed by atoms with Crippen LogP contribution in [0.5, 0.6) is 5.75 Å². The molecule has 132 valence electrons. The summed E-state index contributed by atoms with van der Waals surface area (Å²) in [7, 11) is 1.59. The maximum absolute atomic E-state index is 12.8. The molecule has 0 spiro atoms. The van der Waals surface area contributed by atoms with Gasteiger partial charge in [0.2, 0.25) is 0 Å². The van der Waals surface area contributed by atoms with Crippen molar-refractivity contribution >= 4 is 22.8 Å². The Bertz CT molecular complexity index is 1000. The topological polar surface area (TPSA) is 82.6 Å². The van der Waals surface area contributed by atoms with Crippen LogP contribution < -0.4 is 4.74 Å². The van der Waals surface area contributed by atoms with Crippen LogP contribution >= 0.6 is 0 Å². The number of H-pyrrole nitrogens is 1. The summed E-state index contributed by atoms with van der Waals surface area (Å²) < 4.78 is 5.13. The first-order valence-corrected chi connectivity index (χ1v) is 8.37. The first kappa shape index (κ1) is 16.2. The fourth-order valence-corrected chi connectivity index (χ4v) is 3.44. The summed E-state index contributed by atoms with van der Waals surface area (Å²) in [6.07, 6.45) is 0.717. The van der Waals surface area contributed by atoms with Gasteiger partial charge in [0.05, 0.1) is 12.7 Å². The number of carboxylic acids is 1. The third-order valence-electron chi connectivity index (χ3n) is 4.85. The van der Waals surface area contributed by atoms with Crippen molar-refractivity contribution in [1.82, 2.24) is 9.88 Å². The van der Waals surface area contributed by atoms with Crippen LogP contribution in [0.25, 0.3) is 10.9 Å². The molecule has 6 nitrogen and oxygen atoms in total. The molecule has 1 aromatic heterocycles. The van der Waals surface area contributed by atoms with Crippen molar-refractivity contribution in [3.8, 4) is 5.75 Å². The highest BCUT2D eigenvalue weighted by Gasteiger charge is 2.25. The van der Waals surface area contributed by atoms with Gasteiger partial charge in [0, 0.05) is 47.2 Å². The van der Waals surface area contributed by atoms with Crippen molar-refractivity contribution in [3.05, 3.63) is 64.8 Å². The Kier molecular flexibility index (Phi) is 3.88. The summed E-state index contributed by atoms with van der Waals surface area (Å²) in [6, 6.07) is 12.1. The number of carbonyl (C=O) groups excluding carboxylic acids is 1. The van der Waals surface area contributed by atoms with Gasteiger partial charge >= 0.3 is 5.97 Å². The third kappa shape index (κ3) is 2.69. The Balaban J connectivity index is 1.65. The number of nitrogens with one attached hydrogen (secondary N) is 1. The molecule has 0 saturated carbocycles. The molecule has 6 heteroatoms. The number of benzene rings is 2. The number of carbonyl (C=O) groups is 2. The summed E-state index contributed by atoms with van der Waals surface area (Å²) in [4.78, 5) is 29.2. The second kappa shape index (κ2) is 6.22. The molecule has 0 atom stereocenters. The number of ether oxygens (including phenoxy) is 1. The Morgan fingerprint density at radius 3 is 2.54 bits per heavy atom. The van der Waals surface area contributed by atoms with Gasteiger partial charge < -0.3 is 19.7 Å². The average Bonchev–Trinajstić information content (AvgIpc) is 3.04. The van der Waals surface area contributed by atoms with Crippen molar-refractivity contribution in [2.24, 2.45) is 0 Å². The predicted molar refractivity (Wildman–Crippen MR) is 96.7 cm³/mol. The lowest BCUT2D eigenvalue weighted by atomic mass is 10.0. The van der Waals surface area contributed by atoms with E-state index >= 15 is 0 Å². The summed E-state index contributed by atoms with van der Waals surface area (Å²) in [5.41, 5.74) is 3.83. The number of hydrogen-bond donors (Lipinski definition) is 2. The maximum atomic E-state index is 12.8. The zero-order valence-corrected chi connectivity index (χ0v) is 14.3. The molecule has 0 radical (unpaired) electrons.